The van der Waals surface area contributed by atoms with Gasteiger partial charge in [0.25, 0.3) is 10.0 Å². The van der Waals surface area contributed by atoms with Crippen molar-refractivity contribution in [3.05, 3.63) is 70.7 Å². The Balaban J connectivity index is 2.21. The standard InChI is InChI=1S/C20H20BrNO4S/c1-4-16-17-12-14(21)8-11-18(17)22(19(16)20(23)26-5-2)27(24,25)15-9-6-13(3)7-10-15/h4,6-12,16,19H,1,5H2,2-3H3. The summed E-state index contributed by atoms with van der Waals surface area (Å²) in [7, 11) is -3.97. The van der Waals surface area contributed by atoms with Gasteiger partial charge in [0.2, 0.25) is 0 Å². The molecule has 0 radical (unpaired) electrons. The minimum atomic E-state index is -3.97. The third kappa shape index (κ3) is 3.41. The number of aryl methyl sites for hydroxylation is 1. The Bertz CT molecular complexity index is 986. The Morgan fingerprint density at radius 1 is 1.26 bits per heavy atom. The normalized spacial score (nSPS) is 18.9. The zero-order valence-corrected chi connectivity index (χ0v) is 17.5. The van der Waals surface area contributed by atoms with Crippen LogP contribution in [0.3, 0.4) is 0 Å². The lowest BCUT2D eigenvalue weighted by atomic mass is 9.95. The highest BCUT2D eigenvalue weighted by atomic mass is 79.9. The lowest BCUT2D eigenvalue weighted by Crippen LogP contribution is -2.45. The van der Waals surface area contributed by atoms with Crippen LogP contribution in [0.1, 0.15) is 24.0 Å². The van der Waals surface area contributed by atoms with Gasteiger partial charge in [0.15, 0.2) is 6.04 Å². The van der Waals surface area contributed by atoms with Gasteiger partial charge in [-0.2, -0.15) is 0 Å². The lowest BCUT2D eigenvalue weighted by molar-refractivity contribution is -0.144. The molecule has 0 bridgehead atoms. The van der Waals surface area contributed by atoms with Gasteiger partial charge in [0.1, 0.15) is 0 Å². The predicted molar refractivity (Wildman–Crippen MR) is 108 cm³/mol. The Morgan fingerprint density at radius 2 is 1.93 bits per heavy atom. The number of hydrogen-bond acceptors (Lipinski definition) is 4. The number of carbonyl (C=O) groups is 1. The lowest BCUT2D eigenvalue weighted by Gasteiger charge is -2.27. The fourth-order valence-corrected chi connectivity index (χ4v) is 5.31. The molecule has 5 nitrogen and oxygen atoms in total. The van der Waals surface area contributed by atoms with Crippen molar-refractivity contribution in [1.82, 2.24) is 0 Å². The molecule has 1 heterocycles. The van der Waals surface area contributed by atoms with Crippen LogP contribution in [0.2, 0.25) is 0 Å². The number of nitrogens with zero attached hydrogens (tertiary/aromatic N) is 1. The summed E-state index contributed by atoms with van der Waals surface area (Å²) in [5.41, 5.74) is 2.13. The van der Waals surface area contributed by atoms with Crippen LogP contribution in [0, 0.1) is 6.92 Å². The number of carbonyl (C=O) groups excluding carboxylic acids is 1. The highest BCUT2D eigenvalue weighted by Gasteiger charge is 2.48. The van der Waals surface area contributed by atoms with Crippen LogP contribution in [0.5, 0.6) is 0 Å². The van der Waals surface area contributed by atoms with Gasteiger partial charge in [0, 0.05) is 10.4 Å². The van der Waals surface area contributed by atoms with E-state index >= 15 is 0 Å². The maximum atomic E-state index is 13.4. The van der Waals surface area contributed by atoms with Gasteiger partial charge < -0.3 is 4.74 Å². The average molecular weight is 450 g/mol. The molecule has 27 heavy (non-hydrogen) atoms. The molecule has 142 valence electrons. The molecule has 7 heteroatoms. The fourth-order valence-electron chi connectivity index (χ4n) is 3.29. The van der Waals surface area contributed by atoms with Crippen molar-refractivity contribution < 1.29 is 17.9 Å². The third-order valence-corrected chi connectivity index (χ3v) is 6.84. The third-order valence-electron chi connectivity index (χ3n) is 4.54. The summed E-state index contributed by atoms with van der Waals surface area (Å²) in [4.78, 5) is 12.8. The summed E-state index contributed by atoms with van der Waals surface area (Å²) in [6.07, 6.45) is 1.59. The van der Waals surface area contributed by atoms with E-state index in [0.29, 0.717) is 11.3 Å². The summed E-state index contributed by atoms with van der Waals surface area (Å²) in [5.74, 6) is -1.10. The van der Waals surface area contributed by atoms with Gasteiger partial charge in [-0.05, 0) is 49.7 Å². The second-order valence-electron chi connectivity index (χ2n) is 6.28. The van der Waals surface area contributed by atoms with Gasteiger partial charge in [0.05, 0.1) is 17.2 Å². The summed E-state index contributed by atoms with van der Waals surface area (Å²) in [6.45, 7) is 7.56. The number of esters is 1. The van der Waals surface area contributed by atoms with E-state index < -0.39 is 28.0 Å². The second kappa shape index (κ2) is 7.48. The maximum Gasteiger partial charge on any atom is 0.330 e. The van der Waals surface area contributed by atoms with Crippen LogP contribution < -0.4 is 4.31 Å². The molecule has 2 atom stereocenters. The number of hydrogen-bond donors (Lipinski definition) is 0. The molecule has 0 aliphatic carbocycles. The first-order valence-electron chi connectivity index (χ1n) is 8.51. The first-order chi connectivity index (χ1) is 12.8. The Morgan fingerprint density at radius 3 is 2.52 bits per heavy atom. The molecule has 3 rings (SSSR count). The van der Waals surface area contributed by atoms with Crippen molar-refractivity contribution in [3.8, 4) is 0 Å². The van der Waals surface area contributed by atoms with E-state index in [0.717, 1.165) is 10.0 Å². The molecule has 0 amide bonds. The summed E-state index contributed by atoms with van der Waals surface area (Å²) in [5, 5.41) is 0. The van der Waals surface area contributed by atoms with Crippen molar-refractivity contribution in [2.24, 2.45) is 0 Å². The van der Waals surface area contributed by atoms with Crippen molar-refractivity contribution in [3.63, 3.8) is 0 Å². The minimum Gasteiger partial charge on any atom is -0.464 e. The Kier molecular flexibility index (Phi) is 5.44. The molecule has 1 aliphatic heterocycles. The average Bonchev–Trinajstić information content (AvgIpc) is 2.96. The van der Waals surface area contributed by atoms with Crippen LogP contribution in [0.25, 0.3) is 0 Å². The molecule has 2 aromatic rings. The van der Waals surface area contributed by atoms with Crippen LogP contribution in [-0.4, -0.2) is 27.0 Å². The Hall–Kier alpha value is -2.12. The van der Waals surface area contributed by atoms with Gasteiger partial charge in [-0.15, -0.1) is 6.58 Å². The van der Waals surface area contributed by atoms with E-state index in [1.165, 1.54) is 4.31 Å². The summed E-state index contributed by atoms with van der Waals surface area (Å²) in [6, 6.07) is 10.8. The predicted octanol–water partition coefficient (Wildman–Crippen LogP) is 4.17. The molecule has 0 saturated heterocycles. The number of benzene rings is 2. The zero-order valence-electron chi connectivity index (χ0n) is 15.1. The number of rotatable bonds is 5. The molecule has 1 aliphatic rings. The largest absolute Gasteiger partial charge is 0.464 e. The van der Waals surface area contributed by atoms with E-state index in [1.54, 1.807) is 49.4 Å². The molecule has 0 spiro atoms. The Labute approximate surface area is 167 Å². The van der Waals surface area contributed by atoms with Gasteiger partial charge in [-0.25, -0.2) is 13.2 Å². The summed E-state index contributed by atoms with van der Waals surface area (Å²) >= 11 is 3.41. The molecule has 0 N–H and O–H groups in total. The molecular formula is C20H20BrNO4S. The SMILES string of the molecule is C=CC1c2cc(Br)ccc2N(S(=O)(=O)c2ccc(C)cc2)C1C(=O)OCC. The number of halogens is 1. The van der Waals surface area contributed by atoms with Crippen molar-refractivity contribution in [2.75, 3.05) is 10.9 Å². The van der Waals surface area contributed by atoms with E-state index in [9.17, 15) is 13.2 Å². The fraction of sp³-hybridized carbons (Fsp3) is 0.250. The smallest absolute Gasteiger partial charge is 0.330 e. The van der Waals surface area contributed by atoms with E-state index in [4.69, 9.17) is 4.74 Å². The monoisotopic (exact) mass is 449 g/mol. The van der Waals surface area contributed by atoms with E-state index in [1.807, 2.05) is 13.0 Å². The summed E-state index contributed by atoms with van der Waals surface area (Å²) < 4.78 is 34.1. The molecule has 0 aromatic heterocycles. The van der Waals surface area contributed by atoms with E-state index in [-0.39, 0.29) is 11.5 Å². The number of anilines is 1. The highest BCUT2D eigenvalue weighted by Crippen LogP contribution is 2.46. The van der Waals surface area contributed by atoms with Crippen molar-refractivity contribution in [1.29, 1.82) is 0 Å². The molecular weight excluding hydrogens is 430 g/mol. The maximum absolute atomic E-state index is 13.4. The minimum absolute atomic E-state index is 0.126. The second-order valence-corrected chi connectivity index (χ2v) is 9.01. The topological polar surface area (TPSA) is 63.7 Å². The highest BCUT2D eigenvalue weighted by molar-refractivity contribution is 9.10. The molecule has 0 fully saturated rings. The number of sulfonamides is 1. The first kappa shape index (κ1) is 19.6. The number of ether oxygens (including phenoxy) is 1. The first-order valence-corrected chi connectivity index (χ1v) is 10.7. The van der Waals surface area contributed by atoms with Gasteiger partial charge in [-0.3, -0.25) is 4.31 Å². The van der Waals surface area contributed by atoms with Crippen LogP contribution in [-0.2, 0) is 19.6 Å². The van der Waals surface area contributed by atoms with E-state index in [2.05, 4.69) is 22.5 Å². The zero-order chi connectivity index (χ0) is 19.8. The molecule has 2 aromatic carbocycles. The van der Waals surface area contributed by atoms with Crippen LogP contribution in [0.4, 0.5) is 5.69 Å². The van der Waals surface area contributed by atoms with Crippen LogP contribution in [0.15, 0.2) is 64.5 Å². The van der Waals surface area contributed by atoms with Gasteiger partial charge >= 0.3 is 5.97 Å². The molecule has 2 unspecified atom stereocenters. The molecule has 0 saturated carbocycles. The number of fused-ring (bicyclic) bond motifs is 1. The quantitative estimate of drug-likeness (QED) is 0.507. The van der Waals surface area contributed by atoms with Crippen molar-refractivity contribution in [2.45, 2.75) is 30.7 Å². The van der Waals surface area contributed by atoms with Crippen molar-refractivity contribution >= 4 is 37.6 Å². The van der Waals surface area contributed by atoms with Crippen LogP contribution >= 0.6 is 15.9 Å². The van der Waals surface area contributed by atoms with Gasteiger partial charge in [-0.1, -0.05) is 39.7 Å².